The molecule has 0 saturated carbocycles. The normalized spacial score (nSPS) is 18.2. The Hall–Kier alpha value is -3.64. The van der Waals surface area contributed by atoms with E-state index >= 15 is 0 Å². The number of carboxylic acids is 1. The highest BCUT2D eigenvalue weighted by Crippen LogP contribution is 2.38. The van der Waals surface area contributed by atoms with Crippen LogP contribution in [0, 0.1) is 0 Å². The number of rotatable bonds is 19. The van der Waals surface area contributed by atoms with Crippen LogP contribution in [0.3, 0.4) is 0 Å². The number of nitrogens with one attached hydrogen (secondary N) is 1. The van der Waals surface area contributed by atoms with Crippen LogP contribution in [-0.4, -0.2) is 77.3 Å². The van der Waals surface area contributed by atoms with Crippen molar-refractivity contribution in [3.05, 3.63) is 59.7 Å². The molecule has 0 spiro atoms. The summed E-state index contributed by atoms with van der Waals surface area (Å²) in [6.45, 7) is 3.56. The van der Waals surface area contributed by atoms with Crippen LogP contribution >= 0.6 is 0 Å². The Balaban J connectivity index is 0.000000838. The first kappa shape index (κ1) is 39.8. The van der Waals surface area contributed by atoms with E-state index < -0.39 is 18.2 Å². The highest BCUT2D eigenvalue weighted by molar-refractivity contribution is 5.96. The van der Waals surface area contributed by atoms with Gasteiger partial charge in [0.05, 0.1) is 19.8 Å². The molecule has 0 aromatic heterocycles. The summed E-state index contributed by atoms with van der Waals surface area (Å²) in [7, 11) is 1.61. The van der Waals surface area contributed by atoms with Crippen molar-refractivity contribution in [2.24, 2.45) is 0 Å². The molecule has 12 heteroatoms. The second-order valence-corrected chi connectivity index (χ2v) is 12.8. The summed E-state index contributed by atoms with van der Waals surface area (Å²) in [5.74, 6) is -1.14. The number of methoxy groups -OCH3 is 1. The van der Waals surface area contributed by atoms with Gasteiger partial charge < -0.3 is 25.0 Å². The van der Waals surface area contributed by atoms with Crippen molar-refractivity contribution in [2.75, 3.05) is 20.3 Å². The van der Waals surface area contributed by atoms with Crippen LogP contribution in [0.5, 0.6) is 11.5 Å². The first-order valence-electron chi connectivity index (χ1n) is 17.4. The molecule has 9 nitrogen and oxygen atoms in total. The topological polar surface area (TPSA) is 125 Å². The van der Waals surface area contributed by atoms with Crippen molar-refractivity contribution >= 4 is 17.7 Å². The van der Waals surface area contributed by atoms with Gasteiger partial charge in [-0.3, -0.25) is 14.5 Å². The van der Waals surface area contributed by atoms with E-state index in [1.165, 1.54) is 44.9 Å². The second kappa shape index (κ2) is 20.1. The predicted molar refractivity (Wildman–Crippen MR) is 180 cm³/mol. The number of hydrogen-bond acceptors (Lipinski definition) is 7. The van der Waals surface area contributed by atoms with Gasteiger partial charge in [0.25, 0.3) is 0 Å². The van der Waals surface area contributed by atoms with Crippen LogP contribution < -0.4 is 14.8 Å². The summed E-state index contributed by atoms with van der Waals surface area (Å²) in [5, 5.41) is 21.7. The molecule has 0 radical (unpaired) electrons. The van der Waals surface area contributed by atoms with Crippen molar-refractivity contribution in [1.82, 2.24) is 10.2 Å². The Morgan fingerprint density at radius 2 is 1.41 bits per heavy atom. The number of carboxylic acid groups (broad SMARTS) is 1. The molecule has 2 aliphatic heterocycles. The number of benzene rings is 2. The largest absolute Gasteiger partial charge is 0.497 e. The summed E-state index contributed by atoms with van der Waals surface area (Å²) in [5.41, 5.74) is 1.48. The van der Waals surface area contributed by atoms with Gasteiger partial charge in [-0.05, 0) is 86.9 Å². The highest BCUT2D eigenvalue weighted by Gasteiger charge is 2.41. The van der Waals surface area contributed by atoms with Crippen molar-refractivity contribution in [3.8, 4) is 11.5 Å². The van der Waals surface area contributed by atoms with Crippen molar-refractivity contribution in [3.63, 3.8) is 0 Å². The SMILES string of the molecule is CCCCCCOc1ccc([C@@H](O)[C@@H](CN2C3CCC2CC3)NC(=O)CCCCCC(=O)c2ccc(OC)cc2)cc1.O=C(O)C(F)(F)F. The van der Waals surface area contributed by atoms with E-state index in [9.17, 15) is 27.9 Å². The zero-order valence-corrected chi connectivity index (χ0v) is 28.6. The van der Waals surface area contributed by atoms with Crippen LogP contribution in [0.2, 0.25) is 0 Å². The lowest BCUT2D eigenvalue weighted by Gasteiger charge is -2.31. The maximum Gasteiger partial charge on any atom is 0.490 e. The Bertz CT molecular complexity index is 1280. The van der Waals surface area contributed by atoms with Crippen LogP contribution in [0.4, 0.5) is 13.2 Å². The lowest BCUT2D eigenvalue weighted by Crippen LogP contribution is -2.48. The third-order valence-corrected chi connectivity index (χ3v) is 9.19. The van der Waals surface area contributed by atoms with Crippen LogP contribution in [0.1, 0.15) is 112 Å². The number of carbonyl (C=O) groups is 3. The first-order valence-corrected chi connectivity index (χ1v) is 17.4. The molecule has 4 rings (SSSR count). The molecule has 2 fully saturated rings. The number of alkyl halides is 3. The van der Waals surface area contributed by atoms with Gasteiger partial charge in [-0.1, -0.05) is 44.7 Å². The van der Waals surface area contributed by atoms with Gasteiger partial charge in [-0.25, -0.2) is 4.79 Å². The number of hydrogen-bond donors (Lipinski definition) is 3. The van der Waals surface area contributed by atoms with E-state index in [1.54, 1.807) is 31.4 Å². The smallest absolute Gasteiger partial charge is 0.490 e. The fourth-order valence-corrected chi connectivity index (χ4v) is 6.43. The average molecular weight is 693 g/mol. The lowest BCUT2D eigenvalue weighted by atomic mass is 10.0. The Kier molecular flexibility index (Phi) is 16.4. The van der Waals surface area contributed by atoms with E-state index in [0.717, 1.165) is 36.3 Å². The van der Waals surface area contributed by atoms with E-state index in [-0.39, 0.29) is 17.7 Å². The fourth-order valence-electron chi connectivity index (χ4n) is 6.43. The number of unbranched alkanes of at least 4 members (excludes halogenated alkanes) is 5. The van der Waals surface area contributed by atoms with Gasteiger partial charge >= 0.3 is 12.1 Å². The summed E-state index contributed by atoms with van der Waals surface area (Å²) in [6.07, 6.45) is 6.72. The molecule has 272 valence electrons. The third kappa shape index (κ3) is 13.3. The molecule has 0 aliphatic carbocycles. The molecule has 3 N–H and O–H groups in total. The standard InChI is InChI=1S/C35H50N2O5.C2HF3O2/c1-3-4-5-9-24-42-31-22-14-27(15-23-31)35(40)32(25-37-28-16-17-29(37)19-18-28)36-34(39)11-8-6-7-10-33(38)26-12-20-30(41-2)21-13-26;3-2(4,5)1(6)7/h12-15,20-23,28-29,32,35,40H,3-11,16-19,24-25H2,1-2H3,(H,36,39);(H,6,7)/t28?,29?,32-,35-;/m1./s1. The number of ether oxygens (including phenoxy) is 2. The number of fused-ring (bicyclic) bond motifs is 2. The molecular formula is C37H51F3N2O7. The molecule has 2 saturated heterocycles. The average Bonchev–Trinajstić information content (AvgIpc) is 3.66. The summed E-state index contributed by atoms with van der Waals surface area (Å²) in [4.78, 5) is 36.9. The third-order valence-electron chi connectivity index (χ3n) is 9.19. The summed E-state index contributed by atoms with van der Waals surface area (Å²) >= 11 is 0. The maximum atomic E-state index is 13.0. The number of amides is 1. The Labute approximate surface area is 287 Å². The molecular weight excluding hydrogens is 641 g/mol. The summed E-state index contributed by atoms with van der Waals surface area (Å²) < 4.78 is 42.8. The summed E-state index contributed by atoms with van der Waals surface area (Å²) in [6, 6.07) is 15.6. The molecule has 2 aromatic carbocycles. The van der Waals surface area contributed by atoms with E-state index in [2.05, 4.69) is 17.1 Å². The van der Waals surface area contributed by atoms with Gasteiger partial charge in [0.1, 0.15) is 17.6 Å². The molecule has 2 atom stereocenters. The van der Waals surface area contributed by atoms with Crippen molar-refractivity contribution in [1.29, 1.82) is 0 Å². The van der Waals surface area contributed by atoms with Crippen LogP contribution in [0.15, 0.2) is 48.5 Å². The first-order chi connectivity index (χ1) is 23.4. The molecule has 2 bridgehead atoms. The minimum absolute atomic E-state index is 0.0425. The quantitative estimate of drug-likeness (QED) is 0.104. The fraction of sp³-hybridized carbons (Fsp3) is 0.595. The Morgan fingerprint density at radius 3 is 1.96 bits per heavy atom. The number of aliphatic carboxylic acids is 1. The zero-order valence-electron chi connectivity index (χ0n) is 28.6. The van der Waals surface area contributed by atoms with Gasteiger partial charge in [0.15, 0.2) is 5.78 Å². The zero-order chi connectivity index (χ0) is 35.8. The lowest BCUT2D eigenvalue weighted by molar-refractivity contribution is -0.192. The number of nitrogens with zero attached hydrogens (tertiary/aromatic N) is 1. The molecule has 0 unspecified atom stereocenters. The van der Waals surface area contributed by atoms with Crippen LogP contribution in [0.25, 0.3) is 0 Å². The second-order valence-electron chi connectivity index (χ2n) is 12.8. The number of ketones is 1. The van der Waals surface area contributed by atoms with Crippen molar-refractivity contribution in [2.45, 2.75) is 121 Å². The highest BCUT2D eigenvalue weighted by atomic mass is 19.4. The van der Waals surface area contributed by atoms with Crippen molar-refractivity contribution < 1.29 is 47.2 Å². The van der Waals surface area contributed by atoms with E-state index in [4.69, 9.17) is 19.4 Å². The number of halogens is 3. The van der Waals surface area contributed by atoms with Gasteiger partial charge in [-0.2, -0.15) is 13.2 Å². The number of Topliss-reactive ketones (excluding diaryl/α,β-unsaturated/α-hetero) is 1. The van der Waals surface area contributed by atoms with Gasteiger partial charge in [0.2, 0.25) is 5.91 Å². The van der Waals surface area contributed by atoms with Gasteiger partial charge in [0, 0.05) is 37.0 Å². The van der Waals surface area contributed by atoms with E-state index in [1.807, 2.05) is 24.3 Å². The minimum Gasteiger partial charge on any atom is -0.497 e. The Morgan fingerprint density at radius 1 is 0.857 bits per heavy atom. The van der Waals surface area contributed by atoms with Crippen LogP contribution in [-0.2, 0) is 9.59 Å². The molecule has 2 heterocycles. The predicted octanol–water partition coefficient (Wildman–Crippen LogP) is 7.27. The number of aliphatic hydroxyl groups is 1. The van der Waals surface area contributed by atoms with Gasteiger partial charge in [-0.15, -0.1) is 0 Å². The number of aliphatic hydroxyl groups excluding tert-OH is 1. The molecule has 2 aliphatic rings. The monoisotopic (exact) mass is 692 g/mol. The minimum atomic E-state index is -5.08. The molecule has 1 amide bonds. The molecule has 49 heavy (non-hydrogen) atoms. The number of carbonyl (C=O) groups excluding carboxylic acids is 2. The molecule has 2 aromatic rings. The maximum absolute atomic E-state index is 13.0. The van der Waals surface area contributed by atoms with E-state index in [0.29, 0.717) is 50.1 Å².